The summed E-state index contributed by atoms with van der Waals surface area (Å²) >= 11 is 0. The number of pyridine rings is 1. The van der Waals surface area contributed by atoms with Gasteiger partial charge in [-0.2, -0.15) is 0 Å². The summed E-state index contributed by atoms with van der Waals surface area (Å²) in [7, 11) is 0. The molecule has 32 heavy (non-hydrogen) atoms. The molecule has 164 valence electrons. The first kappa shape index (κ1) is 22.7. The predicted octanol–water partition coefficient (Wildman–Crippen LogP) is 3.67. The van der Waals surface area contributed by atoms with Crippen LogP contribution in [0.5, 0.6) is 5.75 Å². The van der Waals surface area contributed by atoms with Crippen molar-refractivity contribution in [2.24, 2.45) is 0 Å². The van der Waals surface area contributed by atoms with Crippen molar-refractivity contribution in [1.82, 2.24) is 15.6 Å². The minimum absolute atomic E-state index is 0.232. The third-order valence-corrected chi connectivity index (χ3v) is 4.56. The van der Waals surface area contributed by atoms with E-state index in [-0.39, 0.29) is 30.5 Å². The van der Waals surface area contributed by atoms with E-state index in [1.54, 1.807) is 31.3 Å². The lowest BCUT2D eigenvalue weighted by Gasteiger charge is -2.07. The number of aryl methyl sites for hydroxylation is 1. The van der Waals surface area contributed by atoms with E-state index < -0.39 is 5.82 Å². The molecular weight excluding hydrogens is 409 g/mol. The van der Waals surface area contributed by atoms with Crippen LogP contribution in [0.25, 0.3) is 6.08 Å². The lowest BCUT2D eigenvalue weighted by molar-refractivity contribution is -0.116. The van der Waals surface area contributed by atoms with Crippen LogP contribution in [-0.2, 0) is 11.4 Å². The van der Waals surface area contributed by atoms with E-state index >= 15 is 0 Å². The molecular formula is C25H24FN3O3. The van der Waals surface area contributed by atoms with Gasteiger partial charge in [-0.05, 0) is 60.5 Å². The van der Waals surface area contributed by atoms with Gasteiger partial charge in [0.15, 0.2) is 0 Å². The standard InChI is InChI=1S/C25H24FN3O3/c1-18-5-9-20(16-23(18)26)25(31)29-15-14-28-24(30)12-8-19-6-10-22(11-7-19)32-17-21-4-2-3-13-27-21/h2-13,16H,14-15,17H2,1H3,(H,28,30)(H,29,31)/b12-8+. The molecule has 0 saturated carbocycles. The van der Waals surface area contributed by atoms with E-state index in [9.17, 15) is 14.0 Å². The first-order valence-corrected chi connectivity index (χ1v) is 10.1. The fourth-order valence-corrected chi connectivity index (χ4v) is 2.74. The molecule has 0 aliphatic heterocycles. The number of ether oxygens (including phenoxy) is 1. The summed E-state index contributed by atoms with van der Waals surface area (Å²) in [6, 6.07) is 17.3. The topological polar surface area (TPSA) is 80.3 Å². The summed E-state index contributed by atoms with van der Waals surface area (Å²) in [4.78, 5) is 28.2. The SMILES string of the molecule is Cc1ccc(C(=O)NCCNC(=O)/C=C/c2ccc(OCc3ccccn3)cc2)cc1F. The smallest absolute Gasteiger partial charge is 0.251 e. The molecule has 2 N–H and O–H groups in total. The summed E-state index contributed by atoms with van der Waals surface area (Å²) in [6.07, 6.45) is 4.82. The number of carbonyl (C=O) groups is 2. The Hall–Kier alpha value is -4.00. The zero-order chi connectivity index (χ0) is 22.8. The largest absolute Gasteiger partial charge is 0.487 e. The summed E-state index contributed by atoms with van der Waals surface area (Å²) in [5.74, 6) is -0.388. The molecule has 0 fully saturated rings. The normalized spacial score (nSPS) is 10.7. The molecule has 0 saturated heterocycles. The molecule has 3 rings (SSSR count). The first-order chi connectivity index (χ1) is 15.5. The Kier molecular flexibility index (Phi) is 8.09. The highest BCUT2D eigenvalue weighted by molar-refractivity contribution is 5.94. The number of nitrogens with one attached hydrogen (secondary N) is 2. The molecule has 0 bridgehead atoms. The molecule has 6 nitrogen and oxygen atoms in total. The number of aromatic nitrogens is 1. The number of nitrogens with zero attached hydrogens (tertiary/aromatic N) is 1. The lowest BCUT2D eigenvalue weighted by atomic mass is 10.1. The molecule has 1 heterocycles. The second-order valence-electron chi connectivity index (χ2n) is 7.02. The van der Waals surface area contributed by atoms with E-state index in [4.69, 9.17) is 4.74 Å². The van der Waals surface area contributed by atoms with Gasteiger partial charge in [-0.25, -0.2) is 4.39 Å². The zero-order valence-corrected chi connectivity index (χ0v) is 17.7. The van der Waals surface area contributed by atoms with Crippen molar-refractivity contribution in [3.8, 4) is 5.75 Å². The number of amides is 2. The van der Waals surface area contributed by atoms with Crippen molar-refractivity contribution in [1.29, 1.82) is 0 Å². The van der Waals surface area contributed by atoms with Crippen LogP contribution in [0.3, 0.4) is 0 Å². The lowest BCUT2D eigenvalue weighted by Crippen LogP contribution is -2.34. The van der Waals surface area contributed by atoms with Crippen LogP contribution in [0.1, 0.15) is 27.2 Å². The van der Waals surface area contributed by atoms with Gasteiger partial charge in [-0.15, -0.1) is 0 Å². The number of hydrogen-bond acceptors (Lipinski definition) is 4. The second kappa shape index (κ2) is 11.4. The van der Waals surface area contributed by atoms with Gasteiger partial charge in [0.1, 0.15) is 18.2 Å². The molecule has 7 heteroatoms. The Labute approximate surface area is 186 Å². The number of benzene rings is 2. The van der Waals surface area contributed by atoms with E-state index in [2.05, 4.69) is 15.6 Å². The van der Waals surface area contributed by atoms with Crippen LogP contribution in [0.15, 0.2) is 72.9 Å². The minimum atomic E-state index is -0.427. The molecule has 0 unspecified atom stereocenters. The second-order valence-corrected chi connectivity index (χ2v) is 7.02. The van der Waals surface area contributed by atoms with E-state index in [0.29, 0.717) is 17.9 Å². The number of hydrogen-bond donors (Lipinski definition) is 2. The molecule has 2 amide bonds. The number of carbonyl (C=O) groups excluding carboxylic acids is 2. The van der Waals surface area contributed by atoms with Crippen LogP contribution in [0.2, 0.25) is 0 Å². The highest BCUT2D eigenvalue weighted by atomic mass is 19.1. The van der Waals surface area contributed by atoms with Crippen LogP contribution in [0, 0.1) is 12.7 Å². The summed E-state index contributed by atoms with van der Waals surface area (Å²) < 4.78 is 19.2. The van der Waals surface area contributed by atoms with Gasteiger partial charge in [0.25, 0.3) is 5.91 Å². The van der Waals surface area contributed by atoms with Crippen molar-refractivity contribution in [3.05, 3.63) is 101 Å². The van der Waals surface area contributed by atoms with Gasteiger partial charge in [-0.3, -0.25) is 14.6 Å². The van der Waals surface area contributed by atoms with Crippen LogP contribution in [-0.4, -0.2) is 29.9 Å². The van der Waals surface area contributed by atoms with Gasteiger partial charge < -0.3 is 15.4 Å². The van der Waals surface area contributed by atoms with Crippen molar-refractivity contribution in [2.45, 2.75) is 13.5 Å². The van der Waals surface area contributed by atoms with Crippen molar-refractivity contribution in [3.63, 3.8) is 0 Å². The van der Waals surface area contributed by atoms with Gasteiger partial charge in [0.2, 0.25) is 5.91 Å². The van der Waals surface area contributed by atoms with Gasteiger partial charge in [0, 0.05) is 30.9 Å². The molecule has 2 aromatic carbocycles. The predicted molar refractivity (Wildman–Crippen MR) is 121 cm³/mol. The summed E-state index contributed by atoms with van der Waals surface area (Å²) in [6.45, 7) is 2.50. The highest BCUT2D eigenvalue weighted by Gasteiger charge is 2.07. The molecule has 1 aromatic heterocycles. The van der Waals surface area contributed by atoms with Crippen molar-refractivity contribution >= 4 is 17.9 Å². The summed E-state index contributed by atoms with van der Waals surface area (Å²) in [5, 5.41) is 5.33. The number of rotatable bonds is 9. The highest BCUT2D eigenvalue weighted by Crippen LogP contribution is 2.14. The third kappa shape index (κ3) is 7.05. The molecule has 0 spiro atoms. The number of halogens is 1. The molecule has 3 aromatic rings. The van der Waals surface area contributed by atoms with Gasteiger partial charge >= 0.3 is 0 Å². The molecule has 0 aliphatic carbocycles. The zero-order valence-electron chi connectivity index (χ0n) is 17.7. The van der Waals surface area contributed by atoms with Crippen LogP contribution < -0.4 is 15.4 Å². The Morgan fingerprint density at radius 3 is 2.53 bits per heavy atom. The minimum Gasteiger partial charge on any atom is -0.487 e. The van der Waals surface area contributed by atoms with E-state index in [0.717, 1.165) is 11.3 Å². The quantitative estimate of drug-likeness (QED) is 0.399. The summed E-state index contributed by atoms with van der Waals surface area (Å²) in [5.41, 5.74) is 2.41. The fraction of sp³-hybridized carbons (Fsp3) is 0.160. The molecule has 0 aliphatic rings. The Morgan fingerprint density at radius 2 is 1.81 bits per heavy atom. The van der Waals surface area contributed by atoms with Crippen molar-refractivity contribution < 1.29 is 18.7 Å². The maximum absolute atomic E-state index is 13.5. The average molecular weight is 433 g/mol. The Bertz CT molecular complexity index is 1080. The van der Waals surface area contributed by atoms with E-state index in [1.807, 2.05) is 42.5 Å². The molecule has 0 radical (unpaired) electrons. The van der Waals surface area contributed by atoms with Crippen LogP contribution >= 0.6 is 0 Å². The van der Waals surface area contributed by atoms with Gasteiger partial charge in [0.05, 0.1) is 5.69 Å². The molecule has 0 atom stereocenters. The Morgan fingerprint density at radius 1 is 1.03 bits per heavy atom. The first-order valence-electron chi connectivity index (χ1n) is 10.1. The third-order valence-electron chi connectivity index (χ3n) is 4.56. The van der Waals surface area contributed by atoms with Gasteiger partial charge in [-0.1, -0.05) is 24.3 Å². The van der Waals surface area contributed by atoms with E-state index in [1.165, 1.54) is 12.1 Å². The maximum Gasteiger partial charge on any atom is 0.251 e. The average Bonchev–Trinajstić information content (AvgIpc) is 2.82. The fourth-order valence-electron chi connectivity index (χ4n) is 2.74. The monoisotopic (exact) mass is 433 g/mol. The van der Waals surface area contributed by atoms with Crippen LogP contribution in [0.4, 0.5) is 4.39 Å². The maximum atomic E-state index is 13.5. The Balaban J connectivity index is 1.37. The van der Waals surface area contributed by atoms with Crippen molar-refractivity contribution in [2.75, 3.05) is 13.1 Å².